The molecule has 0 radical (unpaired) electrons. The predicted octanol–water partition coefficient (Wildman–Crippen LogP) is 2.53. The van der Waals surface area contributed by atoms with Crippen LogP contribution in [-0.2, 0) is 4.74 Å². The van der Waals surface area contributed by atoms with Crippen molar-refractivity contribution in [1.29, 1.82) is 0 Å². The molecule has 2 rings (SSSR count). The Morgan fingerprint density at radius 1 is 1.26 bits per heavy atom. The number of ether oxygens (including phenoxy) is 1. The summed E-state index contributed by atoms with van der Waals surface area (Å²) in [6.07, 6.45) is 8.36. The molecule has 2 unspecified atom stereocenters. The Bertz CT molecular complexity index is 269. The first-order valence-electron chi connectivity index (χ1n) is 8.02. The number of hydrogen-bond acceptors (Lipinski definition) is 3. The van der Waals surface area contributed by atoms with Gasteiger partial charge in [-0.15, -0.1) is 6.58 Å². The molecule has 0 saturated carbocycles. The summed E-state index contributed by atoms with van der Waals surface area (Å²) in [5.41, 5.74) is 0. The van der Waals surface area contributed by atoms with E-state index in [2.05, 4.69) is 23.3 Å². The molecule has 2 fully saturated rings. The average Bonchev–Trinajstić information content (AvgIpc) is 2.46. The van der Waals surface area contributed by atoms with Gasteiger partial charge in [0.05, 0.1) is 13.2 Å². The molecule has 3 heteroatoms. The largest absolute Gasteiger partial charge is 0.380 e. The zero-order valence-corrected chi connectivity index (χ0v) is 12.5. The van der Waals surface area contributed by atoms with Crippen molar-refractivity contribution in [3.63, 3.8) is 0 Å². The summed E-state index contributed by atoms with van der Waals surface area (Å²) in [7, 11) is 0. The number of piperidine rings is 1. The molecule has 2 heterocycles. The monoisotopic (exact) mass is 266 g/mol. The second kappa shape index (κ2) is 8.03. The normalized spacial score (nSPS) is 29.1. The maximum atomic E-state index is 5.68. The standard InChI is InChI=1S/C16H30N2O/c1-3-5-11-19-12-10-18-14-16-8-6-7-9-17(16)13-15(18)4-2/h3,15-16H,1,4-14H2,2H3. The van der Waals surface area contributed by atoms with Gasteiger partial charge in [0, 0.05) is 31.7 Å². The molecule has 0 aromatic rings. The topological polar surface area (TPSA) is 15.7 Å². The van der Waals surface area contributed by atoms with Gasteiger partial charge in [0.25, 0.3) is 0 Å². The summed E-state index contributed by atoms with van der Waals surface area (Å²) in [5, 5.41) is 0. The second-order valence-electron chi connectivity index (χ2n) is 5.89. The molecule has 2 saturated heterocycles. The van der Waals surface area contributed by atoms with Crippen LogP contribution in [0.15, 0.2) is 12.7 Å². The van der Waals surface area contributed by atoms with Crippen LogP contribution in [0, 0.1) is 0 Å². The van der Waals surface area contributed by atoms with Gasteiger partial charge in [0.15, 0.2) is 0 Å². The number of nitrogens with zero attached hydrogens (tertiary/aromatic N) is 2. The molecule has 2 aliphatic rings. The Balaban J connectivity index is 1.75. The maximum Gasteiger partial charge on any atom is 0.0593 e. The van der Waals surface area contributed by atoms with Gasteiger partial charge >= 0.3 is 0 Å². The summed E-state index contributed by atoms with van der Waals surface area (Å²) < 4.78 is 5.68. The van der Waals surface area contributed by atoms with E-state index in [4.69, 9.17) is 4.74 Å². The van der Waals surface area contributed by atoms with Crippen LogP contribution in [0.3, 0.4) is 0 Å². The van der Waals surface area contributed by atoms with Crippen molar-refractivity contribution in [3.8, 4) is 0 Å². The molecule has 2 aliphatic heterocycles. The predicted molar refractivity (Wildman–Crippen MR) is 80.5 cm³/mol. The highest BCUT2D eigenvalue weighted by Crippen LogP contribution is 2.24. The molecule has 3 nitrogen and oxygen atoms in total. The van der Waals surface area contributed by atoms with Crippen molar-refractivity contribution in [3.05, 3.63) is 12.7 Å². The van der Waals surface area contributed by atoms with Gasteiger partial charge in [-0.2, -0.15) is 0 Å². The fourth-order valence-corrected chi connectivity index (χ4v) is 3.42. The molecular weight excluding hydrogens is 236 g/mol. The Hall–Kier alpha value is -0.380. The van der Waals surface area contributed by atoms with Crippen LogP contribution in [0.2, 0.25) is 0 Å². The molecule has 0 aliphatic carbocycles. The van der Waals surface area contributed by atoms with E-state index in [1.54, 1.807) is 0 Å². The summed E-state index contributed by atoms with van der Waals surface area (Å²) in [6, 6.07) is 1.54. The highest BCUT2D eigenvalue weighted by Gasteiger charge is 2.33. The van der Waals surface area contributed by atoms with Crippen LogP contribution < -0.4 is 0 Å². The number of hydrogen-bond donors (Lipinski definition) is 0. The lowest BCUT2D eigenvalue weighted by molar-refractivity contribution is -0.00712. The highest BCUT2D eigenvalue weighted by atomic mass is 16.5. The SMILES string of the molecule is C=CCCOCCN1CC2CCCCN2CC1CC. The van der Waals surface area contributed by atoms with Gasteiger partial charge in [0.1, 0.15) is 0 Å². The van der Waals surface area contributed by atoms with Crippen LogP contribution in [0.4, 0.5) is 0 Å². The van der Waals surface area contributed by atoms with Crippen molar-refractivity contribution in [2.75, 3.05) is 39.4 Å². The fraction of sp³-hybridized carbons (Fsp3) is 0.875. The number of rotatable bonds is 7. The van der Waals surface area contributed by atoms with Crippen LogP contribution in [0.25, 0.3) is 0 Å². The lowest BCUT2D eigenvalue weighted by Crippen LogP contribution is -2.59. The highest BCUT2D eigenvalue weighted by molar-refractivity contribution is 4.90. The minimum absolute atomic E-state index is 0.734. The van der Waals surface area contributed by atoms with E-state index in [0.29, 0.717) is 0 Å². The Morgan fingerprint density at radius 3 is 2.95 bits per heavy atom. The number of fused-ring (bicyclic) bond motifs is 1. The third-order valence-corrected chi connectivity index (χ3v) is 4.62. The first-order chi connectivity index (χ1) is 9.35. The van der Waals surface area contributed by atoms with Crippen molar-refractivity contribution in [2.24, 2.45) is 0 Å². The van der Waals surface area contributed by atoms with Gasteiger partial charge in [-0.1, -0.05) is 19.4 Å². The molecule has 0 aromatic carbocycles. The molecule has 19 heavy (non-hydrogen) atoms. The van der Waals surface area contributed by atoms with Crippen LogP contribution >= 0.6 is 0 Å². The molecule has 0 bridgehead atoms. The van der Waals surface area contributed by atoms with Crippen LogP contribution in [-0.4, -0.2) is 61.3 Å². The molecule has 0 aromatic heterocycles. The van der Waals surface area contributed by atoms with Gasteiger partial charge in [-0.05, 0) is 32.2 Å². The van der Waals surface area contributed by atoms with E-state index >= 15 is 0 Å². The Morgan fingerprint density at radius 2 is 2.16 bits per heavy atom. The molecular formula is C16H30N2O. The third-order valence-electron chi connectivity index (χ3n) is 4.62. The van der Waals surface area contributed by atoms with E-state index in [9.17, 15) is 0 Å². The fourth-order valence-electron chi connectivity index (χ4n) is 3.42. The minimum atomic E-state index is 0.734. The van der Waals surface area contributed by atoms with Crippen molar-refractivity contribution in [2.45, 2.75) is 51.1 Å². The molecule has 0 N–H and O–H groups in total. The van der Waals surface area contributed by atoms with Gasteiger partial charge in [-0.3, -0.25) is 9.80 Å². The van der Waals surface area contributed by atoms with Crippen LogP contribution in [0.1, 0.15) is 39.0 Å². The van der Waals surface area contributed by atoms with E-state index < -0.39 is 0 Å². The Labute approximate surface area is 118 Å². The molecule has 2 atom stereocenters. The summed E-state index contributed by atoms with van der Waals surface area (Å²) in [6.45, 7) is 12.7. The zero-order valence-electron chi connectivity index (χ0n) is 12.5. The van der Waals surface area contributed by atoms with Gasteiger partial charge in [0.2, 0.25) is 0 Å². The Kier molecular flexibility index (Phi) is 6.35. The number of piperazine rings is 1. The van der Waals surface area contributed by atoms with E-state index in [-0.39, 0.29) is 0 Å². The lowest BCUT2D eigenvalue weighted by Gasteiger charge is -2.48. The molecule has 110 valence electrons. The summed E-state index contributed by atoms with van der Waals surface area (Å²) >= 11 is 0. The lowest BCUT2D eigenvalue weighted by atomic mass is 9.96. The van der Waals surface area contributed by atoms with Crippen molar-refractivity contribution < 1.29 is 4.74 Å². The van der Waals surface area contributed by atoms with Crippen LogP contribution in [0.5, 0.6) is 0 Å². The minimum Gasteiger partial charge on any atom is -0.380 e. The van der Waals surface area contributed by atoms with Crippen molar-refractivity contribution in [1.82, 2.24) is 9.80 Å². The van der Waals surface area contributed by atoms with E-state index in [1.807, 2.05) is 6.08 Å². The zero-order chi connectivity index (χ0) is 13.5. The third kappa shape index (κ3) is 4.30. The smallest absolute Gasteiger partial charge is 0.0593 e. The molecule has 0 amide bonds. The quantitative estimate of drug-likeness (QED) is 0.520. The van der Waals surface area contributed by atoms with E-state index in [0.717, 1.165) is 38.3 Å². The molecule has 0 spiro atoms. The first kappa shape index (κ1) is 15.0. The summed E-state index contributed by atoms with van der Waals surface area (Å²) in [4.78, 5) is 5.40. The second-order valence-corrected chi connectivity index (χ2v) is 5.89. The van der Waals surface area contributed by atoms with Crippen molar-refractivity contribution >= 4 is 0 Å². The first-order valence-corrected chi connectivity index (χ1v) is 8.02. The van der Waals surface area contributed by atoms with Gasteiger partial charge < -0.3 is 4.74 Å². The summed E-state index contributed by atoms with van der Waals surface area (Å²) in [5.74, 6) is 0. The average molecular weight is 266 g/mol. The maximum absolute atomic E-state index is 5.68. The van der Waals surface area contributed by atoms with E-state index in [1.165, 1.54) is 45.3 Å². The van der Waals surface area contributed by atoms with Gasteiger partial charge in [-0.25, -0.2) is 0 Å².